The normalized spacial score (nSPS) is 13.1. The molecule has 1 aliphatic rings. The summed E-state index contributed by atoms with van der Waals surface area (Å²) < 4.78 is 5.03. The predicted molar refractivity (Wildman–Crippen MR) is 129 cm³/mol. The van der Waals surface area contributed by atoms with Crippen LogP contribution in [0.1, 0.15) is 5.56 Å². The number of rotatable bonds is 1. The molecule has 0 spiro atoms. The van der Waals surface area contributed by atoms with Crippen molar-refractivity contribution in [2.75, 3.05) is 0 Å². The van der Waals surface area contributed by atoms with E-state index in [0.29, 0.717) is 0 Å². The molecule has 7 rings (SSSR count). The maximum absolute atomic E-state index is 4.83. The average Bonchev–Trinajstić information content (AvgIpc) is 3.37. The summed E-state index contributed by atoms with van der Waals surface area (Å²) in [5, 5.41) is 3.79. The molecule has 0 amide bonds. The van der Waals surface area contributed by atoms with Crippen molar-refractivity contribution in [3.05, 3.63) is 90.5 Å². The van der Waals surface area contributed by atoms with Gasteiger partial charge in [0.1, 0.15) is 0 Å². The number of thiophene rings is 1. The van der Waals surface area contributed by atoms with E-state index in [9.17, 15) is 0 Å². The molecular weight excluding hydrogens is 404 g/mol. The van der Waals surface area contributed by atoms with Crippen LogP contribution in [0.2, 0.25) is 0 Å². The number of para-hydroxylation sites is 2. The van der Waals surface area contributed by atoms with Gasteiger partial charge in [0.2, 0.25) is 0 Å². The fourth-order valence-corrected chi connectivity index (χ4v) is 6.78. The lowest BCUT2D eigenvalue weighted by Gasteiger charge is -2.20. The summed E-state index contributed by atoms with van der Waals surface area (Å²) in [5.74, 6) is 0.953. The van der Waals surface area contributed by atoms with Gasteiger partial charge in [-0.05, 0) is 47.0 Å². The lowest BCUT2D eigenvalue weighted by atomic mass is 10.00. The second-order valence-corrected chi connectivity index (χ2v) is 9.63. The summed E-state index contributed by atoms with van der Waals surface area (Å²) in [4.78, 5) is 4.83. The lowest BCUT2D eigenvalue weighted by molar-refractivity contribution is 0.895. The number of imidazole rings is 1. The van der Waals surface area contributed by atoms with Crippen LogP contribution >= 0.6 is 23.1 Å². The molecule has 2 aromatic heterocycles. The first-order chi connectivity index (χ1) is 14.9. The molecule has 6 aromatic rings. The van der Waals surface area contributed by atoms with Gasteiger partial charge in [-0.3, -0.25) is 4.57 Å². The topological polar surface area (TPSA) is 17.8 Å². The van der Waals surface area contributed by atoms with E-state index >= 15 is 0 Å². The first-order valence-corrected chi connectivity index (χ1v) is 11.8. The number of fused-ring (bicyclic) bond motifs is 8. The van der Waals surface area contributed by atoms with Crippen molar-refractivity contribution in [1.29, 1.82) is 0 Å². The Labute approximate surface area is 181 Å². The minimum absolute atomic E-state index is 0.953. The molecule has 30 heavy (non-hydrogen) atoms. The molecule has 0 radical (unpaired) electrons. The average molecular weight is 421 g/mol. The van der Waals surface area contributed by atoms with E-state index in [4.69, 9.17) is 4.98 Å². The monoisotopic (exact) mass is 420 g/mol. The van der Waals surface area contributed by atoms with Crippen molar-refractivity contribution in [2.45, 2.75) is 10.9 Å². The summed E-state index contributed by atoms with van der Waals surface area (Å²) >= 11 is 3.71. The van der Waals surface area contributed by atoms with E-state index < -0.39 is 0 Å². The van der Waals surface area contributed by atoms with Crippen LogP contribution in [0.15, 0.2) is 90.1 Å². The molecule has 0 saturated heterocycles. The Morgan fingerprint density at radius 3 is 2.67 bits per heavy atom. The Balaban J connectivity index is 1.45. The number of hydrogen-bond acceptors (Lipinski definition) is 3. The quantitative estimate of drug-likeness (QED) is 0.272. The summed E-state index contributed by atoms with van der Waals surface area (Å²) in [6, 6.07) is 30.7. The van der Waals surface area contributed by atoms with Gasteiger partial charge in [-0.15, -0.1) is 11.3 Å². The van der Waals surface area contributed by atoms with Crippen molar-refractivity contribution < 1.29 is 0 Å². The van der Waals surface area contributed by atoms with Crippen LogP contribution in [0.3, 0.4) is 0 Å². The van der Waals surface area contributed by atoms with Gasteiger partial charge >= 0.3 is 0 Å². The van der Waals surface area contributed by atoms with Crippen molar-refractivity contribution in [2.24, 2.45) is 0 Å². The van der Waals surface area contributed by atoms with Crippen molar-refractivity contribution in [3.63, 3.8) is 0 Å². The highest BCUT2D eigenvalue weighted by Crippen LogP contribution is 2.42. The van der Waals surface area contributed by atoms with Crippen molar-refractivity contribution in [1.82, 2.24) is 9.55 Å². The Hall–Kier alpha value is -3.08. The van der Waals surface area contributed by atoms with Crippen LogP contribution < -0.4 is 0 Å². The Kier molecular flexibility index (Phi) is 3.45. The third kappa shape index (κ3) is 2.29. The van der Waals surface area contributed by atoms with Crippen LogP contribution in [0.5, 0.6) is 0 Å². The molecule has 0 aliphatic carbocycles. The smallest absolute Gasteiger partial charge is 0.174 e. The molecule has 0 fully saturated rings. The van der Waals surface area contributed by atoms with E-state index in [2.05, 4.69) is 89.5 Å². The highest BCUT2D eigenvalue weighted by molar-refractivity contribution is 7.98. The molecule has 0 saturated carbocycles. The largest absolute Gasteiger partial charge is 0.287 e. The summed E-state index contributed by atoms with van der Waals surface area (Å²) in [7, 11) is 0. The molecule has 0 N–H and O–H groups in total. The number of hydrogen-bond donors (Lipinski definition) is 0. The highest BCUT2D eigenvalue weighted by Gasteiger charge is 2.21. The lowest BCUT2D eigenvalue weighted by Crippen LogP contribution is -2.05. The van der Waals surface area contributed by atoms with Crippen LogP contribution in [0.4, 0.5) is 0 Å². The third-order valence-electron chi connectivity index (χ3n) is 5.92. The second kappa shape index (κ2) is 6.21. The Bertz CT molecular complexity index is 1610. The second-order valence-electron chi connectivity index (χ2n) is 7.63. The minimum Gasteiger partial charge on any atom is -0.287 e. The van der Waals surface area contributed by atoms with Gasteiger partial charge in [-0.1, -0.05) is 66.4 Å². The number of thioether (sulfide) groups is 1. The molecule has 2 nitrogen and oxygen atoms in total. The third-order valence-corrected chi connectivity index (χ3v) is 8.13. The molecule has 3 heterocycles. The Morgan fingerprint density at radius 1 is 0.800 bits per heavy atom. The van der Waals surface area contributed by atoms with Gasteiger partial charge in [0.15, 0.2) is 5.16 Å². The first-order valence-electron chi connectivity index (χ1n) is 10.0. The summed E-state index contributed by atoms with van der Waals surface area (Å²) in [5.41, 5.74) is 7.48. The van der Waals surface area contributed by atoms with Crippen molar-refractivity contribution in [3.8, 4) is 16.8 Å². The molecule has 0 bridgehead atoms. The van der Waals surface area contributed by atoms with Gasteiger partial charge in [0, 0.05) is 25.9 Å². The van der Waals surface area contributed by atoms with Gasteiger partial charge < -0.3 is 0 Å². The van der Waals surface area contributed by atoms with Gasteiger partial charge in [-0.2, -0.15) is 0 Å². The van der Waals surface area contributed by atoms with E-state index in [-0.39, 0.29) is 0 Å². The van der Waals surface area contributed by atoms with Crippen LogP contribution in [0.25, 0.3) is 48.0 Å². The molecule has 142 valence electrons. The number of benzene rings is 4. The van der Waals surface area contributed by atoms with Gasteiger partial charge in [0.25, 0.3) is 0 Å². The maximum atomic E-state index is 4.83. The van der Waals surface area contributed by atoms with E-state index in [1.54, 1.807) is 0 Å². The van der Waals surface area contributed by atoms with Crippen LogP contribution in [-0.4, -0.2) is 9.55 Å². The van der Waals surface area contributed by atoms with Gasteiger partial charge in [0.05, 0.1) is 16.7 Å². The zero-order valence-corrected chi connectivity index (χ0v) is 17.6. The zero-order valence-electron chi connectivity index (χ0n) is 16.0. The molecule has 0 unspecified atom stereocenters. The number of aromatic nitrogens is 2. The fourth-order valence-electron chi connectivity index (χ4n) is 4.54. The number of nitrogens with zero attached hydrogens (tertiary/aromatic N) is 2. The van der Waals surface area contributed by atoms with Crippen LogP contribution in [-0.2, 0) is 5.75 Å². The SMILES string of the molecule is c1ccc2c(c1)nc1n2-c2ccc(-c3cccc4c3sc3ccccc34)cc2CS1. The van der Waals surface area contributed by atoms with E-state index in [1.807, 2.05) is 23.1 Å². The molecule has 4 aromatic carbocycles. The first kappa shape index (κ1) is 16.7. The molecule has 0 atom stereocenters. The van der Waals surface area contributed by atoms with E-state index in [0.717, 1.165) is 16.4 Å². The highest BCUT2D eigenvalue weighted by atomic mass is 32.2. The standard InChI is InChI=1S/C26H16N2S2/c1-4-11-24-19(6-1)20-8-5-7-18(25(20)30-24)16-12-13-22-17(14-16)15-29-26-27-21-9-2-3-10-23(21)28(22)26/h1-14H,15H2. The summed E-state index contributed by atoms with van der Waals surface area (Å²) in [6.45, 7) is 0. The molecule has 1 aliphatic heterocycles. The van der Waals surface area contributed by atoms with E-state index in [1.165, 1.54) is 48.1 Å². The molecule has 4 heteroatoms. The summed E-state index contributed by atoms with van der Waals surface area (Å²) in [6.07, 6.45) is 0. The molecular formula is C26H16N2S2. The Morgan fingerprint density at radius 2 is 1.67 bits per heavy atom. The fraction of sp³-hybridized carbons (Fsp3) is 0.0385. The minimum atomic E-state index is 0.953. The predicted octanol–water partition coefficient (Wildman–Crippen LogP) is 7.67. The zero-order chi connectivity index (χ0) is 19.7. The van der Waals surface area contributed by atoms with Crippen LogP contribution in [0, 0.1) is 0 Å². The van der Waals surface area contributed by atoms with Crippen molar-refractivity contribution >= 4 is 54.3 Å². The maximum Gasteiger partial charge on any atom is 0.174 e. The van der Waals surface area contributed by atoms with Gasteiger partial charge in [-0.25, -0.2) is 4.98 Å².